The molecule has 5 aliphatic rings. The molecule has 3 saturated carbocycles. The number of benzene rings is 3. The average Bonchev–Trinajstić information content (AvgIpc) is 1.40. The molecule has 11 N–H and O–H groups in total. The SMILES string of the molecule is CC1(N)COC1.CCNS(=O)(=O)c1cc(Br)ccc1-c1cnc(C2CCC(NC(=O)OC)CC2)s1.CCNS(=O)(=O)c1cc(N)ccc1-c1cnc(C2CCC(NC(=O)OC)CC2)s1.CCNS(=O)(=O)c1cc(NC2(C)COC2)ccc1-c1cnc(C2CCC(NC(=O)OC)CC2)s1. The van der Waals surface area contributed by atoms with Crippen LogP contribution >= 0.6 is 49.9 Å². The van der Waals surface area contributed by atoms with Gasteiger partial charge in [0.25, 0.3) is 0 Å². The number of hydrogen-bond donors (Lipinski definition) is 9. The van der Waals surface area contributed by atoms with E-state index in [1.54, 1.807) is 63.6 Å². The first-order valence-corrected chi connectivity index (χ1v) is 40.3. The van der Waals surface area contributed by atoms with E-state index in [2.05, 4.69) is 75.8 Å². The minimum Gasteiger partial charge on any atom is -0.453 e. The third-order valence-electron chi connectivity index (χ3n) is 17.1. The van der Waals surface area contributed by atoms with E-state index in [-0.39, 0.29) is 43.9 Å². The number of carbonyl (C=O) groups excluding carboxylic acids is 3. The smallest absolute Gasteiger partial charge is 0.407 e. The molecule has 3 aliphatic carbocycles. The Hall–Kier alpha value is -5.95. The number of hydrogen-bond acceptors (Lipinski definition) is 23. The first-order valence-electron chi connectivity index (χ1n) is 32.6. The van der Waals surface area contributed by atoms with Crippen molar-refractivity contribution in [1.82, 2.24) is 45.1 Å². The Morgan fingerprint density at radius 3 is 1.16 bits per heavy atom. The summed E-state index contributed by atoms with van der Waals surface area (Å²) in [5, 5.41) is 15.0. The van der Waals surface area contributed by atoms with E-state index in [4.69, 9.17) is 25.7 Å². The van der Waals surface area contributed by atoms with E-state index in [1.807, 2.05) is 38.1 Å². The predicted molar refractivity (Wildman–Crippen MR) is 385 cm³/mol. The average molecular weight is 1540 g/mol. The number of anilines is 2. The molecule has 2 aliphatic heterocycles. The third kappa shape index (κ3) is 21.3. The number of nitrogens with one attached hydrogen (secondary N) is 7. The van der Waals surface area contributed by atoms with Gasteiger partial charge in [-0.3, -0.25) is 0 Å². The zero-order valence-corrected chi connectivity index (χ0v) is 62.9. The fourth-order valence-corrected chi connectivity index (χ4v) is 19.9. The highest BCUT2D eigenvalue weighted by atomic mass is 79.9. The van der Waals surface area contributed by atoms with Gasteiger partial charge >= 0.3 is 18.3 Å². The fourth-order valence-electron chi connectivity index (χ4n) is 11.9. The summed E-state index contributed by atoms with van der Waals surface area (Å²) in [6, 6.07) is 16.0. The summed E-state index contributed by atoms with van der Waals surface area (Å²) >= 11 is 7.95. The van der Waals surface area contributed by atoms with Crippen molar-refractivity contribution in [2.24, 2.45) is 5.73 Å². The summed E-state index contributed by atoms with van der Waals surface area (Å²) in [6.45, 7) is 12.8. The van der Waals surface area contributed by atoms with Crippen LogP contribution in [0.3, 0.4) is 0 Å². The van der Waals surface area contributed by atoms with Gasteiger partial charge in [-0.25, -0.2) is 68.8 Å². The molecule has 2 saturated heterocycles. The lowest BCUT2D eigenvalue weighted by Gasteiger charge is -2.39. The standard InChI is InChI=1S/C23H32N4O5S2.C19H24BrN3O4S2.C19H26N4O4S2.C4H9NO/c1-4-25-34(29,30)20-11-17(27-23(2)13-32-14-23)9-10-18(20)19-12-24-21(33-19)15-5-7-16(8-6-15)26-22(28)31-3;2*1-3-22-29(25,26)17-10-13(20)6-9-15(17)16-11-21-18(28-16)12-4-7-14(8-5-12)23-19(24)27-2;1-4(5)2-6-3-4/h9-12,15-16,25,27H,4-8,13-14H2,1-3H3,(H,26,28);6,9-12,14,22H,3-5,7-8H2,1-2H3,(H,23,24);6,9-12,14,22H,3-5,7-8,20H2,1-2H3,(H,23,24);2-3,5H2,1H3. The lowest BCUT2D eigenvalue weighted by Crippen LogP contribution is -2.54. The number of carbonyl (C=O) groups is 3. The Bertz CT molecular complexity index is 3850. The van der Waals surface area contributed by atoms with Crippen molar-refractivity contribution >= 4 is 110 Å². The van der Waals surface area contributed by atoms with E-state index in [1.165, 1.54) is 61.4 Å². The molecule has 0 atom stereocenters. The quantitative estimate of drug-likeness (QED) is 0.0253. The van der Waals surface area contributed by atoms with Gasteiger partial charge in [-0.1, -0.05) is 54.9 Å². The monoisotopic (exact) mass is 1530 g/mol. The normalized spacial score (nSPS) is 21.0. The van der Waals surface area contributed by atoms with Gasteiger partial charge in [0.2, 0.25) is 30.1 Å². The van der Waals surface area contributed by atoms with Crippen LogP contribution in [0.1, 0.15) is 144 Å². The first kappa shape index (κ1) is 77.8. The Morgan fingerprint density at radius 2 is 0.847 bits per heavy atom. The summed E-state index contributed by atoms with van der Waals surface area (Å²) in [5.41, 5.74) is 14.2. The van der Waals surface area contributed by atoms with Crippen molar-refractivity contribution in [1.29, 1.82) is 0 Å². The number of thiazole rings is 3. The van der Waals surface area contributed by atoms with Gasteiger partial charge in [-0.05, 0) is 127 Å². The van der Waals surface area contributed by atoms with Crippen molar-refractivity contribution in [3.63, 3.8) is 0 Å². The van der Waals surface area contributed by atoms with Crippen molar-refractivity contribution in [2.45, 2.75) is 173 Å². The predicted octanol–water partition coefficient (Wildman–Crippen LogP) is 10.8. The van der Waals surface area contributed by atoms with Crippen LogP contribution in [-0.2, 0) is 53.8 Å². The molecule has 11 rings (SSSR count). The van der Waals surface area contributed by atoms with Gasteiger partial charge in [0, 0.05) is 107 Å². The molecule has 33 heteroatoms. The number of nitrogens with zero attached hydrogens (tertiary/aromatic N) is 3. The van der Waals surface area contributed by atoms with Crippen molar-refractivity contribution < 1.29 is 63.3 Å². The van der Waals surface area contributed by atoms with Crippen molar-refractivity contribution in [3.05, 3.63) is 92.7 Å². The number of aromatic nitrogens is 3. The van der Waals surface area contributed by atoms with Crippen molar-refractivity contribution in [2.75, 3.05) is 78.4 Å². The lowest BCUT2D eigenvalue weighted by atomic mass is 9.86. The number of halogens is 1. The Kier molecular flexibility index (Phi) is 27.9. The maximum absolute atomic E-state index is 13.1. The summed E-state index contributed by atoms with van der Waals surface area (Å²) in [4.78, 5) is 51.1. The number of methoxy groups -OCH3 is 3. The number of amides is 3. The van der Waals surface area contributed by atoms with E-state index < -0.39 is 48.3 Å². The molecule has 3 aromatic carbocycles. The lowest BCUT2D eigenvalue weighted by molar-refractivity contribution is -0.0433. The molecule has 98 heavy (non-hydrogen) atoms. The van der Waals surface area contributed by atoms with Crippen LogP contribution in [0.2, 0.25) is 0 Å². The minimum atomic E-state index is -3.69. The molecule has 538 valence electrons. The van der Waals surface area contributed by atoms with E-state index in [0.717, 1.165) is 126 Å². The van der Waals surface area contributed by atoms with Gasteiger partial charge in [0.05, 0.1) is 103 Å². The summed E-state index contributed by atoms with van der Waals surface area (Å²) in [5.74, 6) is 0.906. The third-order valence-corrected chi connectivity index (χ3v) is 25.9. The van der Waals surface area contributed by atoms with Gasteiger partial charge < -0.3 is 56.4 Å². The number of rotatable bonds is 20. The number of nitrogens with two attached hydrogens (primary N) is 2. The number of alkyl carbamates (subject to hydrolysis) is 3. The molecular formula is C65H91BrN12O14S6. The van der Waals surface area contributed by atoms with Crippen LogP contribution < -0.4 is 46.9 Å². The van der Waals surface area contributed by atoms with E-state index in [9.17, 15) is 39.6 Å². The second kappa shape index (κ2) is 35.1. The van der Waals surface area contributed by atoms with Crippen LogP contribution in [-0.4, -0.2) is 155 Å². The molecule has 0 spiro atoms. The molecule has 0 bridgehead atoms. The summed E-state index contributed by atoms with van der Waals surface area (Å²) < 4.78 is 109. The van der Waals surface area contributed by atoms with Crippen LogP contribution in [0.4, 0.5) is 25.8 Å². The zero-order chi connectivity index (χ0) is 71.0. The largest absolute Gasteiger partial charge is 0.453 e. The summed E-state index contributed by atoms with van der Waals surface area (Å²) in [6.07, 6.45) is 14.7. The molecule has 0 radical (unpaired) electrons. The fraction of sp³-hybridized carbons (Fsp3) is 0.538. The first-order chi connectivity index (χ1) is 46.6. The molecule has 5 heterocycles. The highest BCUT2D eigenvalue weighted by Gasteiger charge is 2.35. The van der Waals surface area contributed by atoms with Crippen LogP contribution in [0, 0.1) is 0 Å². The summed E-state index contributed by atoms with van der Waals surface area (Å²) in [7, 11) is -6.85. The highest BCUT2D eigenvalue weighted by Crippen LogP contribution is 2.44. The molecule has 5 fully saturated rings. The van der Waals surface area contributed by atoms with Crippen LogP contribution in [0.25, 0.3) is 31.3 Å². The van der Waals surface area contributed by atoms with E-state index in [0.29, 0.717) is 77.5 Å². The van der Waals surface area contributed by atoms with Gasteiger partial charge in [0.1, 0.15) is 0 Å². The van der Waals surface area contributed by atoms with Gasteiger partial charge in [0.15, 0.2) is 0 Å². The Labute approximate surface area is 595 Å². The molecule has 6 aromatic rings. The Morgan fingerprint density at radius 1 is 0.520 bits per heavy atom. The Balaban J connectivity index is 0.000000180. The molecular weight excluding hydrogens is 1450 g/mol. The maximum Gasteiger partial charge on any atom is 0.407 e. The topological polar surface area (TPSA) is 375 Å². The van der Waals surface area contributed by atoms with Crippen molar-refractivity contribution in [3.8, 4) is 31.3 Å². The molecule has 0 unspecified atom stereocenters. The minimum absolute atomic E-state index is 0. The number of sulfonamides is 3. The molecule has 3 aromatic heterocycles. The van der Waals surface area contributed by atoms with Gasteiger partial charge in [-0.15, -0.1) is 34.0 Å². The highest BCUT2D eigenvalue weighted by molar-refractivity contribution is 9.10. The van der Waals surface area contributed by atoms with E-state index >= 15 is 0 Å². The van der Waals surface area contributed by atoms with Gasteiger partial charge in [-0.2, -0.15) is 0 Å². The zero-order valence-electron chi connectivity index (χ0n) is 56.4. The molecule has 26 nitrogen and oxygen atoms in total. The van der Waals surface area contributed by atoms with Crippen LogP contribution in [0.15, 0.2) is 92.3 Å². The molecule has 3 amide bonds. The number of nitrogen functional groups attached to an aromatic ring is 1. The van der Waals surface area contributed by atoms with Crippen LogP contribution in [0.5, 0.6) is 0 Å². The second-order valence-corrected chi connectivity index (χ2v) is 34.5. The second-order valence-electron chi connectivity index (χ2n) is 25.2. The number of ether oxygens (including phenoxy) is 5. The maximum atomic E-state index is 13.1.